The predicted octanol–water partition coefficient (Wildman–Crippen LogP) is -0.215. The van der Waals surface area contributed by atoms with Crippen LogP contribution in [0.1, 0.15) is 26.2 Å². The molecule has 21 heavy (non-hydrogen) atoms. The highest BCUT2D eigenvalue weighted by molar-refractivity contribution is 5.86. The Labute approximate surface area is 123 Å². The van der Waals surface area contributed by atoms with Crippen molar-refractivity contribution in [2.24, 2.45) is 0 Å². The van der Waals surface area contributed by atoms with Gasteiger partial charge < -0.3 is 20.5 Å². The lowest BCUT2D eigenvalue weighted by molar-refractivity contribution is -0.147. The minimum Gasteiger partial charge on any atom is -0.480 e. The van der Waals surface area contributed by atoms with E-state index in [1.807, 2.05) is 14.0 Å². The summed E-state index contributed by atoms with van der Waals surface area (Å²) >= 11 is 0. The topological polar surface area (TPSA) is 108 Å². The molecule has 2 amide bonds. The van der Waals surface area contributed by atoms with Crippen molar-refractivity contribution in [3.63, 3.8) is 0 Å². The van der Waals surface area contributed by atoms with Gasteiger partial charge in [0.25, 0.3) is 0 Å². The summed E-state index contributed by atoms with van der Waals surface area (Å²) < 4.78 is 4.39. The second kappa shape index (κ2) is 7.82. The number of urea groups is 1. The SMILES string of the molecule is COC(=O)C[C@H](NC(=O)NCC(C)N(C)C1CC1)C(=O)O. The van der Waals surface area contributed by atoms with Gasteiger partial charge >= 0.3 is 18.0 Å². The molecule has 1 fully saturated rings. The first-order chi connectivity index (χ1) is 9.85. The van der Waals surface area contributed by atoms with Gasteiger partial charge in [0.1, 0.15) is 6.04 Å². The molecule has 8 nitrogen and oxygen atoms in total. The van der Waals surface area contributed by atoms with Crippen molar-refractivity contribution in [1.29, 1.82) is 0 Å². The van der Waals surface area contributed by atoms with Crippen LogP contribution in [0.3, 0.4) is 0 Å². The number of carbonyl (C=O) groups excluding carboxylic acids is 2. The molecule has 120 valence electrons. The van der Waals surface area contributed by atoms with Crippen LogP contribution in [0.5, 0.6) is 0 Å². The molecule has 1 saturated carbocycles. The van der Waals surface area contributed by atoms with Gasteiger partial charge in [-0.2, -0.15) is 0 Å². The summed E-state index contributed by atoms with van der Waals surface area (Å²) in [5, 5.41) is 13.8. The molecule has 1 rings (SSSR count). The predicted molar refractivity (Wildman–Crippen MR) is 74.8 cm³/mol. The van der Waals surface area contributed by atoms with Crippen LogP contribution in [0.15, 0.2) is 0 Å². The Hall–Kier alpha value is -1.83. The molecule has 1 unspecified atom stereocenters. The van der Waals surface area contributed by atoms with E-state index in [2.05, 4.69) is 20.3 Å². The Balaban J connectivity index is 2.35. The number of aliphatic carboxylic acids is 1. The lowest BCUT2D eigenvalue weighted by Crippen LogP contribution is -2.50. The summed E-state index contributed by atoms with van der Waals surface area (Å²) in [6.07, 6.45) is 1.94. The van der Waals surface area contributed by atoms with E-state index in [0.29, 0.717) is 12.6 Å². The summed E-state index contributed by atoms with van der Waals surface area (Å²) in [5.74, 6) is -1.97. The number of rotatable bonds is 8. The van der Waals surface area contributed by atoms with E-state index in [4.69, 9.17) is 5.11 Å². The standard InChI is InChI=1S/C13H23N3O5/c1-8(16(2)9-4-5-9)7-14-13(20)15-10(12(18)19)6-11(17)21-3/h8-10H,4-7H2,1-3H3,(H,18,19)(H2,14,15,20)/t8?,10-/m0/s1. The number of likely N-dealkylation sites (N-methyl/N-ethyl adjacent to an activating group) is 1. The molecule has 0 spiro atoms. The van der Waals surface area contributed by atoms with Crippen molar-refractivity contribution in [1.82, 2.24) is 15.5 Å². The zero-order valence-electron chi connectivity index (χ0n) is 12.6. The summed E-state index contributed by atoms with van der Waals surface area (Å²) in [4.78, 5) is 35.9. The fourth-order valence-corrected chi connectivity index (χ4v) is 1.89. The third-order valence-corrected chi connectivity index (χ3v) is 3.58. The zero-order valence-corrected chi connectivity index (χ0v) is 12.6. The smallest absolute Gasteiger partial charge is 0.326 e. The Bertz CT molecular complexity index is 397. The fourth-order valence-electron chi connectivity index (χ4n) is 1.89. The third-order valence-electron chi connectivity index (χ3n) is 3.58. The summed E-state index contributed by atoms with van der Waals surface area (Å²) in [7, 11) is 3.16. The third kappa shape index (κ3) is 5.99. The van der Waals surface area contributed by atoms with Crippen molar-refractivity contribution < 1.29 is 24.2 Å². The minimum absolute atomic E-state index is 0.159. The van der Waals surface area contributed by atoms with E-state index in [0.717, 1.165) is 7.11 Å². The molecule has 0 aromatic heterocycles. The van der Waals surface area contributed by atoms with Crippen LogP contribution in [-0.4, -0.2) is 66.8 Å². The number of hydrogen-bond donors (Lipinski definition) is 3. The number of amides is 2. The molecule has 0 bridgehead atoms. The largest absolute Gasteiger partial charge is 0.480 e. The molecule has 2 atom stereocenters. The number of esters is 1. The molecule has 8 heteroatoms. The first-order valence-corrected chi connectivity index (χ1v) is 6.91. The molecule has 3 N–H and O–H groups in total. The van der Waals surface area contributed by atoms with Gasteiger partial charge in [-0.1, -0.05) is 0 Å². The quantitative estimate of drug-likeness (QED) is 0.535. The number of carboxylic acids is 1. The molecule has 1 aliphatic carbocycles. The van der Waals surface area contributed by atoms with Crippen LogP contribution >= 0.6 is 0 Å². The van der Waals surface area contributed by atoms with E-state index in [1.54, 1.807) is 0 Å². The maximum absolute atomic E-state index is 11.7. The van der Waals surface area contributed by atoms with E-state index in [1.165, 1.54) is 12.8 Å². The summed E-state index contributed by atoms with van der Waals surface area (Å²) in [5.41, 5.74) is 0. The van der Waals surface area contributed by atoms with Gasteiger partial charge in [-0.25, -0.2) is 9.59 Å². The van der Waals surface area contributed by atoms with Gasteiger partial charge in [0.15, 0.2) is 0 Å². The van der Waals surface area contributed by atoms with Crippen molar-refractivity contribution in [2.45, 2.75) is 44.3 Å². The second-order valence-electron chi connectivity index (χ2n) is 5.27. The van der Waals surface area contributed by atoms with Crippen LogP contribution in [0, 0.1) is 0 Å². The maximum Gasteiger partial charge on any atom is 0.326 e. The summed E-state index contributed by atoms with van der Waals surface area (Å²) in [6.45, 7) is 2.39. The van der Waals surface area contributed by atoms with Gasteiger partial charge in [-0.05, 0) is 26.8 Å². The van der Waals surface area contributed by atoms with Crippen LogP contribution in [0.4, 0.5) is 4.79 Å². The number of ether oxygens (including phenoxy) is 1. The second-order valence-corrected chi connectivity index (χ2v) is 5.27. The maximum atomic E-state index is 11.7. The van der Waals surface area contributed by atoms with Crippen molar-refractivity contribution in [3.05, 3.63) is 0 Å². The Morgan fingerprint density at radius 2 is 2.00 bits per heavy atom. The van der Waals surface area contributed by atoms with Crippen LogP contribution in [0.25, 0.3) is 0 Å². The number of hydrogen-bond acceptors (Lipinski definition) is 5. The molecule has 0 radical (unpaired) electrons. The van der Waals surface area contributed by atoms with Crippen molar-refractivity contribution >= 4 is 18.0 Å². The van der Waals surface area contributed by atoms with Gasteiger partial charge in [-0.3, -0.25) is 9.69 Å². The first-order valence-electron chi connectivity index (χ1n) is 6.91. The van der Waals surface area contributed by atoms with Crippen molar-refractivity contribution in [3.8, 4) is 0 Å². The fraction of sp³-hybridized carbons (Fsp3) is 0.769. The number of methoxy groups -OCH3 is 1. The minimum atomic E-state index is -1.30. The Morgan fingerprint density at radius 1 is 1.38 bits per heavy atom. The average molecular weight is 301 g/mol. The van der Waals surface area contributed by atoms with Crippen LogP contribution in [0.2, 0.25) is 0 Å². The van der Waals surface area contributed by atoms with Gasteiger partial charge in [0.05, 0.1) is 13.5 Å². The molecular formula is C13H23N3O5. The van der Waals surface area contributed by atoms with Gasteiger partial charge in [0.2, 0.25) is 0 Å². The number of carboxylic acid groups (broad SMARTS) is 1. The van der Waals surface area contributed by atoms with Crippen LogP contribution < -0.4 is 10.6 Å². The summed E-state index contributed by atoms with van der Waals surface area (Å²) in [6, 6.07) is -1.17. The molecule has 0 heterocycles. The lowest BCUT2D eigenvalue weighted by atomic mass is 10.2. The van der Waals surface area contributed by atoms with E-state index < -0.39 is 30.4 Å². The van der Waals surface area contributed by atoms with Crippen molar-refractivity contribution in [2.75, 3.05) is 20.7 Å². The highest BCUT2D eigenvalue weighted by atomic mass is 16.5. The molecule has 1 aliphatic rings. The average Bonchev–Trinajstić information content (AvgIpc) is 3.27. The van der Waals surface area contributed by atoms with E-state index in [-0.39, 0.29) is 6.04 Å². The highest BCUT2D eigenvalue weighted by Gasteiger charge is 2.29. The highest BCUT2D eigenvalue weighted by Crippen LogP contribution is 2.26. The monoisotopic (exact) mass is 301 g/mol. The number of nitrogens with one attached hydrogen (secondary N) is 2. The van der Waals surface area contributed by atoms with E-state index >= 15 is 0 Å². The Kier molecular flexibility index (Phi) is 6.41. The normalized spacial score (nSPS) is 17.0. The van der Waals surface area contributed by atoms with Crippen LogP contribution in [-0.2, 0) is 14.3 Å². The molecular weight excluding hydrogens is 278 g/mol. The zero-order chi connectivity index (χ0) is 16.0. The van der Waals surface area contributed by atoms with E-state index in [9.17, 15) is 14.4 Å². The number of nitrogens with zero attached hydrogens (tertiary/aromatic N) is 1. The lowest BCUT2D eigenvalue weighted by Gasteiger charge is -2.25. The van der Waals surface area contributed by atoms with Gasteiger partial charge in [-0.15, -0.1) is 0 Å². The van der Waals surface area contributed by atoms with Gasteiger partial charge in [0, 0.05) is 18.6 Å². The number of carbonyl (C=O) groups is 3. The Morgan fingerprint density at radius 3 is 2.48 bits per heavy atom. The molecule has 0 aliphatic heterocycles. The molecule has 0 saturated heterocycles. The molecule has 0 aromatic rings. The first kappa shape index (κ1) is 17.2. The molecule has 0 aromatic carbocycles.